The summed E-state index contributed by atoms with van der Waals surface area (Å²) in [6.07, 6.45) is 1.17. The molecule has 15 nitrogen and oxygen atoms in total. The number of nitrogens with one attached hydrogen (secondary N) is 3. The zero-order chi connectivity index (χ0) is 43.4. The molecule has 3 aliphatic carbocycles. The van der Waals surface area contributed by atoms with Gasteiger partial charge in [-0.25, -0.2) is 18.4 Å². The first-order valence-corrected chi connectivity index (χ1v) is 19.8. The number of likely N-dealkylation sites (N-methyl/N-ethyl adjacent to an activating group) is 1. The Balaban J connectivity index is 1.39. The van der Waals surface area contributed by atoms with Gasteiger partial charge in [-0.15, -0.1) is 0 Å². The highest BCUT2D eigenvalue weighted by Crippen LogP contribution is 2.65. The first-order chi connectivity index (χ1) is 27.6. The van der Waals surface area contributed by atoms with Crippen LogP contribution in [0.15, 0.2) is 30.3 Å². The Morgan fingerprint density at radius 1 is 1.02 bits per heavy atom. The van der Waals surface area contributed by atoms with Crippen molar-refractivity contribution in [3.63, 3.8) is 0 Å². The van der Waals surface area contributed by atoms with Gasteiger partial charge in [0.25, 0.3) is 0 Å². The minimum Gasteiger partial charge on any atom is -0.496 e. The van der Waals surface area contributed by atoms with E-state index in [9.17, 15) is 28.8 Å². The van der Waals surface area contributed by atoms with E-state index in [2.05, 4.69) is 29.8 Å². The van der Waals surface area contributed by atoms with E-state index >= 15 is 8.78 Å². The molecule has 2 saturated heterocycles. The van der Waals surface area contributed by atoms with Crippen LogP contribution in [0.25, 0.3) is 0 Å². The molecule has 2 bridgehead atoms. The van der Waals surface area contributed by atoms with Crippen molar-refractivity contribution >= 4 is 48.4 Å². The third-order valence-electron chi connectivity index (χ3n) is 12.1. The van der Waals surface area contributed by atoms with Gasteiger partial charge in [-0.1, -0.05) is 26.0 Å². The summed E-state index contributed by atoms with van der Waals surface area (Å²) in [7, 11) is 0.246. The molecule has 2 aromatic carbocycles. The highest BCUT2D eigenvalue weighted by Gasteiger charge is 2.68. The molecule has 6 amide bonds. The highest BCUT2D eigenvalue weighted by molar-refractivity contribution is 6.48. The molecule has 318 valence electrons. The fraction of sp³-hybridized carbons (Fsp3) is 0.561. The van der Waals surface area contributed by atoms with Crippen LogP contribution in [-0.4, -0.2) is 103 Å². The average Bonchev–Trinajstić information content (AvgIpc) is 3.51. The van der Waals surface area contributed by atoms with Crippen molar-refractivity contribution in [2.45, 2.75) is 104 Å². The van der Waals surface area contributed by atoms with Gasteiger partial charge in [0.1, 0.15) is 34.6 Å². The van der Waals surface area contributed by atoms with Gasteiger partial charge in [-0.3, -0.25) is 24.1 Å². The number of benzene rings is 2. The topological polar surface area (TPSA) is 182 Å². The number of urea groups is 1. The fourth-order valence-corrected chi connectivity index (χ4v) is 9.05. The largest absolute Gasteiger partial charge is 0.496 e. The van der Waals surface area contributed by atoms with Crippen LogP contribution in [-0.2, 0) is 39.6 Å². The van der Waals surface area contributed by atoms with E-state index in [-0.39, 0.29) is 60.5 Å². The quantitative estimate of drug-likeness (QED) is 0.168. The van der Waals surface area contributed by atoms with E-state index in [0.29, 0.717) is 22.8 Å². The summed E-state index contributed by atoms with van der Waals surface area (Å²) in [5.41, 5.74) is -2.25. The van der Waals surface area contributed by atoms with Crippen molar-refractivity contribution in [2.75, 3.05) is 32.1 Å². The van der Waals surface area contributed by atoms with Crippen molar-refractivity contribution in [3.05, 3.63) is 58.7 Å². The van der Waals surface area contributed by atoms with E-state index in [1.807, 2.05) is 6.92 Å². The van der Waals surface area contributed by atoms with Gasteiger partial charge >= 0.3 is 30.9 Å². The van der Waals surface area contributed by atoms with E-state index in [1.54, 1.807) is 39.8 Å². The molecule has 2 aliphatic heterocycles. The van der Waals surface area contributed by atoms with Gasteiger partial charge < -0.3 is 39.6 Å². The molecule has 0 spiro atoms. The van der Waals surface area contributed by atoms with Crippen LogP contribution < -0.4 is 20.7 Å². The zero-order valence-corrected chi connectivity index (χ0v) is 34.8. The monoisotopic (exact) mass is 823 g/mol. The summed E-state index contributed by atoms with van der Waals surface area (Å²) in [5, 5.41) is 7.38. The number of anilines is 1. The molecule has 1 unspecified atom stereocenters. The van der Waals surface area contributed by atoms with E-state index in [0.717, 1.165) is 25.5 Å². The number of para-hydroxylation sites is 1. The molecule has 5 fully saturated rings. The summed E-state index contributed by atoms with van der Waals surface area (Å²) in [4.78, 5) is 81.0. The number of hydrogen-bond acceptors (Lipinski definition) is 10. The summed E-state index contributed by atoms with van der Waals surface area (Å²) in [6, 6.07) is 3.01. The number of imide groups is 1. The number of rotatable bonds is 11. The maximum absolute atomic E-state index is 16.0. The molecule has 6 atom stereocenters. The number of hydrogen-bond donors (Lipinski definition) is 3. The molecule has 3 saturated carbocycles. The number of carbonyl (C=O) groups excluding carboxylic acids is 6. The second-order valence-electron chi connectivity index (χ2n) is 17.4. The van der Waals surface area contributed by atoms with Crippen LogP contribution in [0.2, 0.25) is 0 Å². The van der Waals surface area contributed by atoms with E-state index in [4.69, 9.17) is 18.8 Å². The predicted octanol–water partition coefficient (Wildman–Crippen LogP) is 4.32. The zero-order valence-electron chi connectivity index (χ0n) is 34.8. The molecule has 2 heterocycles. The van der Waals surface area contributed by atoms with Crippen molar-refractivity contribution < 1.29 is 56.3 Å². The summed E-state index contributed by atoms with van der Waals surface area (Å²) < 4.78 is 56.7. The van der Waals surface area contributed by atoms with Crippen molar-refractivity contribution in [3.8, 4) is 5.75 Å². The Kier molecular flexibility index (Phi) is 11.9. The smallest absolute Gasteiger partial charge is 0.482 e. The number of ether oxygens (including phenoxy) is 2. The Morgan fingerprint density at radius 3 is 2.29 bits per heavy atom. The summed E-state index contributed by atoms with van der Waals surface area (Å²) >= 11 is 0. The van der Waals surface area contributed by atoms with E-state index < -0.39 is 83.1 Å². The molecule has 5 aliphatic rings. The van der Waals surface area contributed by atoms with Crippen LogP contribution in [0.5, 0.6) is 5.75 Å². The molecule has 0 radical (unpaired) electrons. The molecule has 0 aromatic heterocycles. The SMILES string of the molecule is CCN1CCN(C(=O)NC(C(=O)N[C@@H](Cc2cccc(C(=O)OC(C)(C)C)c2OC)B2O[C@@H]3C[C@@H]4C[C@@H](C4(C)C)[C@]3(C)O2)c2c(F)cc(NC(C)=O)cc2F)C(=O)C1=O. The third-order valence-corrected chi connectivity index (χ3v) is 12.1. The number of nitrogens with zero attached hydrogens (tertiary/aromatic N) is 2. The van der Waals surface area contributed by atoms with Gasteiger partial charge in [-0.2, -0.15) is 0 Å². The molecular weight excluding hydrogens is 771 g/mol. The first-order valence-electron chi connectivity index (χ1n) is 19.8. The lowest BCUT2D eigenvalue weighted by atomic mass is 9.43. The number of amides is 6. The lowest BCUT2D eigenvalue weighted by molar-refractivity contribution is -0.199. The summed E-state index contributed by atoms with van der Waals surface area (Å²) in [5.74, 6) is -7.62. The molecule has 3 N–H and O–H groups in total. The van der Waals surface area contributed by atoms with E-state index in [1.165, 1.54) is 18.1 Å². The normalized spacial score (nSPS) is 24.4. The lowest BCUT2D eigenvalue weighted by Gasteiger charge is -2.64. The van der Waals surface area contributed by atoms with Crippen LogP contribution in [0, 0.1) is 28.9 Å². The van der Waals surface area contributed by atoms with Gasteiger partial charge in [0.2, 0.25) is 11.8 Å². The Morgan fingerprint density at radius 2 is 1.69 bits per heavy atom. The maximum atomic E-state index is 16.0. The molecule has 18 heteroatoms. The number of piperazine rings is 1. The maximum Gasteiger partial charge on any atom is 0.482 e. The Bertz CT molecular complexity index is 2040. The summed E-state index contributed by atoms with van der Waals surface area (Å²) in [6.45, 7) is 14.3. The minimum atomic E-state index is -2.13. The average molecular weight is 824 g/mol. The third kappa shape index (κ3) is 8.38. The highest BCUT2D eigenvalue weighted by atomic mass is 19.1. The van der Waals surface area contributed by atoms with Crippen molar-refractivity contribution in [1.82, 2.24) is 20.4 Å². The minimum absolute atomic E-state index is 0.000701. The number of methoxy groups -OCH3 is 1. The number of esters is 1. The lowest BCUT2D eigenvalue weighted by Crippen LogP contribution is -2.65. The Labute approximate surface area is 342 Å². The number of halogens is 2. The molecule has 59 heavy (non-hydrogen) atoms. The first kappa shape index (κ1) is 43.5. The van der Waals surface area contributed by atoms with Crippen LogP contribution in [0.3, 0.4) is 0 Å². The van der Waals surface area contributed by atoms with Gasteiger partial charge in [-0.05, 0) is 94.9 Å². The molecule has 7 rings (SSSR count). The fourth-order valence-electron chi connectivity index (χ4n) is 9.05. The second kappa shape index (κ2) is 16.2. The van der Waals surface area contributed by atoms with Gasteiger partial charge in [0.15, 0.2) is 0 Å². The molecule has 2 aromatic rings. The van der Waals surface area contributed by atoms with Crippen LogP contribution in [0.4, 0.5) is 19.3 Å². The predicted molar refractivity (Wildman–Crippen MR) is 210 cm³/mol. The standard InChI is InChI=1S/C41H52BF2N5O10/c1-10-48-14-15-49(36(53)35(48)52)38(55)47-32(31-26(43)19-24(20-27(31)44)45-21(2)50)34(51)46-30(42-58-29-18-23-17-28(40(23,6)7)41(29,8)59-42)16-22-12-11-13-25(33(22)56-9)37(54)57-39(3,4)5/h11-13,19-20,23,28-30,32H,10,14-18H2,1-9H3,(H,45,50)(H,46,51)(H,47,55)/t23-,28-,29+,30-,32?,41-/m0/s1. The van der Waals surface area contributed by atoms with Gasteiger partial charge in [0, 0.05) is 32.2 Å². The molecular formula is C41H52BF2N5O10. The van der Waals surface area contributed by atoms with Crippen molar-refractivity contribution in [1.29, 1.82) is 0 Å². The number of carbonyl (C=O) groups is 6. The van der Waals surface area contributed by atoms with Crippen molar-refractivity contribution in [2.24, 2.45) is 17.3 Å². The Hall–Kier alpha value is -5.10. The van der Waals surface area contributed by atoms with Crippen LogP contribution >= 0.6 is 0 Å². The second-order valence-corrected chi connectivity index (χ2v) is 17.4. The van der Waals surface area contributed by atoms with Gasteiger partial charge in [0.05, 0.1) is 30.3 Å². The van der Waals surface area contributed by atoms with Crippen LogP contribution in [0.1, 0.15) is 95.8 Å².